The number of hydrogen-bond donors (Lipinski definition) is 2. The SMILES string of the molecule is OCC1CN(c2ccnc(Nc3ncc(-c4cccnc4)s3)c2)CCO1. The lowest BCUT2D eigenvalue weighted by molar-refractivity contribution is 0.00357. The van der Waals surface area contributed by atoms with Gasteiger partial charge in [0.25, 0.3) is 0 Å². The molecule has 3 aromatic heterocycles. The molecule has 0 aliphatic carbocycles. The number of aromatic nitrogens is 3. The maximum absolute atomic E-state index is 9.31. The minimum absolute atomic E-state index is 0.0307. The standard InChI is InChI=1S/C18H19N5O2S/c24-12-15-11-23(6-7-25-15)14-3-5-20-17(8-14)22-18-21-10-16(26-18)13-2-1-4-19-9-13/h1-5,8-10,15,24H,6-7,11-12H2,(H,20,21,22). The average molecular weight is 369 g/mol. The summed E-state index contributed by atoms with van der Waals surface area (Å²) in [6, 6.07) is 7.88. The third kappa shape index (κ3) is 3.82. The molecule has 1 saturated heterocycles. The van der Waals surface area contributed by atoms with Crippen molar-refractivity contribution in [3.63, 3.8) is 0 Å². The zero-order chi connectivity index (χ0) is 17.8. The van der Waals surface area contributed by atoms with Crippen LogP contribution in [0.1, 0.15) is 0 Å². The molecule has 3 aromatic rings. The van der Waals surface area contributed by atoms with Crippen LogP contribution in [-0.2, 0) is 4.74 Å². The highest BCUT2D eigenvalue weighted by atomic mass is 32.1. The molecule has 1 aliphatic rings. The number of aliphatic hydroxyl groups is 1. The zero-order valence-corrected chi connectivity index (χ0v) is 14.9. The fourth-order valence-electron chi connectivity index (χ4n) is 2.83. The Labute approximate surface area is 155 Å². The van der Waals surface area contributed by atoms with Crippen molar-refractivity contribution in [2.75, 3.05) is 36.5 Å². The molecular weight excluding hydrogens is 350 g/mol. The molecule has 2 N–H and O–H groups in total. The molecule has 0 amide bonds. The number of hydrogen-bond acceptors (Lipinski definition) is 8. The molecule has 1 fully saturated rings. The summed E-state index contributed by atoms with van der Waals surface area (Å²) in [6.07, 6.45) is 7.05. The summed E-state index contributed by atoms with van der Waals surface area (Å²) in [5.74, 6) is 0.738. The fraction of sp³-hybridized carbons (Fsp3) is 0.278. The Morgan fingerprint density at radius 1 is 1.27 bits per heavy atom. The molecule has 26 heavy (non-hydrogen) atoms. The normalized spacial score (nSPS) is 17.3. The number of rotatable bonds is 5. The van der Waals surface area contributed by atoms with Gasteiger partial charge in [-0.15, -0.1) is 0 Å². The Kier molecular flexibility index (Phi) is 5.05. The van der Waals surface area contributed by atoms with Gasteiger partial charge in [-0.3, -0.25) is 4.98 Å². The molecule has 134 valence electrons. The van der Waals surface area contributed by atoms with Crippen LogP contribution in [0.5, 0.6) is 0 Å². The van der Waals surface area contributed by atoms with E-state index in [-0.39, 0.29) is 12.7 Å². The first-order chi connectivity index (χ1) is 12.8. The van der Waals surface area contributed by atoms with Gasteiger partial charge in [0.2, 0.25) is 0 Å². The first-order valence-electron chi connectivity index (χ1n) is 8.38. The van der Waals surface area contributed by atoms with E-state index in [4.69, 9.17) is 4.74 Å². The van der Waals surface area contributed by atoms with Crippen LogP contribution < -0.4 is 10.2 Å². The lowest BCUT2D eigenvalue weighted by Crippen LogP contribution is -2.44. The van der Waals surface area contributed by atoms with Gasteiger partial charge in [0.1, 0.15) is 5.82 Å². The predicted octanol–water partition coefficient (Wildman–Crippen LogP) is 2.54. The maximum Gasteiger partial charge on any atom is 0.188 e. The van der Waals surface area contributed by atoms with Gasteiger partial charge in [-0.1, -0.05) is 17.4 Å². The summed E-state index contributed by atoms with van der Waals surface area (Å²) in [5.41, 5.74) is 2.09. The zero-order valence-electron chi connectivity index (χ0n) is 14.1. The molecular formula is C18H19N5O2S. The minimum atomic E-state index is -0.144. The summed E-state index contributed by atoms with van der Waals surface area (Å²) in [6.45, 7) is 2.10. The number of thiazole rings is 1. The van der Waals surface area contributed by atoms with Crippen molar-refractivity contribution in [1.82, 2.24) is 15.0 Å². The van der Waals surface area contributed by atoms with Crippen molar-refractivity contribution in [3.05, 3.63) is 49.1 Å². The summed E-state index contributed by atoms with van der Waals surface area (Å²) >= 11 is 1.56. The van der Waals surface area contributed by atoms with Gasteiger partial charge in [-0.2, -0.15) is 0 Å². The Morgan fingerprint density at radius 2 is 2.23 bits per heavy atom. The molecule has 0 aromatic carbocycles. The lowest BCUT2D eigenvalue weighted by Gasteiger charge is -2.33. The van der Waals surface area contributed by atoms with Gasteiger partial charge < -0.3 is 20.1 Å². The third-order valence-corrected chi connectivity index (χ3v) is 5.10. The van der Waals surface area contributed by atoms with Crippen LogP contribution in [-0.4, -0.2) is 52.5 Å². The van der Waals surface area contributed by atoms with Gasteiger partial charge in [0.05, 0.1) is 24.2 Å². The van der Waals surface area contributed by atoms with Crippen LogP contribution in [0.2, 0.25) is 0 Å². The van der Waals surface area contributed by atoms with Crippen LogP contribution >= 0.6 is 11.3 Å². The molecule has 1 aliphatic heterocycles. The van der Waals surface area contributed by atoms with Crippen molar-refractivity contribution in [2.45, 2.75) is 6.10 Å². The predicted molar refractivity (Wildman–Crippen MR) is 102 cm³/mol. The van der Waals surface area contributed by atoms with E-state index in [2.05, 4.69) is 25.2 Å². The van der Waals surface area contributed by atoms with E-state index in [1.54, 1.807) is 23.7 Å². The summed E-state index contributed by atoms with van der Waals surface area (Å²) < 4.78 is 5.51. The highest BCUT2D eigenvalue weighted by Gasteiger charge is 2.20. The van der Waals surface area contributed by atoms with Gasteiger partial charge in [-0.05, 0) is 12.1 Å². The molecule has 8 heteroatoms. The monoisotopic (exact) mass is 369 g/mol. The largest absolute Gasteiger partial charge is 0.394 e. The topological polar surface area (TPSA) is 83.4 Å². The average Bonchev–Trinajstić information content (AvgIpc) is 3.17. The van der Waals surface area contributed by atoms with Crippen molar-refractivity contribution in [1.29, 1.82) is 0 Å². The Bertz CT molecular complexity index is 858. The second-order valence-corrected chi connectivity index (χ2v) is 6.95. The van der Waals surface area contributed by atoms with E-state index < -0.39 is 0 Å². The van der Waals surface area contributed by atoms with Gasteiger partial charge in [-0.25, -0.2) is 9.97 Å². The smallest absolute Gasteiger partial charge is 0.188 e. The van der Waals surface area contributed by atoms with E-state index in [9.17, 15) is 5.11 Å². The molecule has 0 radical (unpaired) electrons. The van der Waals surface area contributed by atoms with E-state index >= 15 is 0 Å². The van der Waals surface area contributed by atoms with Crippen LogP contribution in [0.25, 0.3) is 10.4 Å². The fourth-order valence-corrected chi connectivity index (χ4v) is 3.65. The maximum atomic E-state index is 9.31. The second-order valence-electron chi connectivity index (χ2n) is 5.92. The Balaban J connectivity index is 1.48. The van der Waals surface area contributed by atoms with E-state index in [1.807, 2.05) is 36.7 Å². The first-order valence-corrected chi connectivity index (χ1v) is 9.20. The van der Waals surface area contributed by atoms with E-state index in [1.165, 1.54) is 0 Å². The molecule has 7 nitrogen and oxygen atoms in total. The second kappa shape index (κ2) is 7.77. The van der Waals surface area contributed by atoms with Gasteiger partial charge in [0.15, 0.2) is 5.13 Å². The molecule has 0 spiro atoms. The number of morpholine rings is 1. The number of anilines is 3. The van der Waals surface area contributed by atoms with Crippen LogP contribution in [0.4, 0.5) is 16.6 Å². The number of ether oxygens (including phenoxy) is 1. The number of nitrogens with zero attached hydrogens (tertiary/aromatic N) is 4. The number of nitrogens with one attached hydrogen (secondary N) is 1. The van der Waals surface area contributed by atoms with Crippen LogP contribution in [0, 0.1) is 0 Å². The highest BCUT2D eigenvalue weighted by molar-refractivity contribution is 7.18. The minimum Gasteiger partial charge on any atom is -0.394 e. The summed E-state index contributed by atoms with van der Waals surface area (Å²) in [7, 11) is 0. The lowest BCUT2D eigenvalue weighted by atomic mass is 10.2. The molecule has 1 atom stereocenters. The van der Waals surface area contributed by atoms with Crippen LogP contribution in [0.3, 0.4) is 0 Å². The molecule has 1 unspecified atom stereocenters. The van der Waals surface area contributed by atoms with Crippen molar-refractivity contribution < 1.29 is 9.84 Å². The van der Waals surface area contributed by atoms with Gasteiger partial charge >= 0.3 is 0 Å². The third-order valence-electron chi connectivity index (χ3n) is 4.14. The number of aliphatic hydroxyl groups excluding tert-OH is 1. The van der Waals surface area contributed by atoms with Crippen LogP contribution in [0.15, 0.2) is 49.1 Å². The summed E-state index contributed by atoms with van der Waals surface area (Å²) in [5, 5.41) is 13.4. The summed E-state index contributed by atoms with van der Waals surface area (Å²) in [4.78, 5) is 16.2. The van der Waals surface area contributed by atoms with E-state index in [0.717, 1.165) is 33.6 Å². The van der Waals surface area contributed by atoms with Gasteiger partial charge in [0, 0.05) is 55.2 Å². The van der Waals surface area contributed by atoms with E-state index in [0.29, 0.717) is 13.2 Å². The van der Waals surface area contributed by atoms with Crippen molar-refractivity contribution in [3.8, 4) is 10.4 Å². The number of pyridine rings is 2. The molecule has 4 rings (SSSR count). The van der Waals surface area contributed by atoms with Crippen molar-refractivity contribution in [2.24, 2.45) is 0 Å². The van der Waals surface area contributed by atoms with Crippen molar-refractivity contribution >= 4 is 28.0 Å². The molecule has 0 bridgehead atoms. The quantitative estimate of drug-likeness (QED) is 0.715. The highest BCUT2D eigenvalue weighted by Crippen LogP contribution is 2.30. The molecule has 0 saturated carbocycles. The molecule has 4 heterocycles. The Morgan fingerprint density at radius 3 is 3.08 bits per heavy atom. The first kappa shape index (κ1) is 16.9. The Hall–Kier alpha value is -2.55.